The molecule has 0 spiro atoms. The maximum Gasteiger partial charge on any atom is 0.336 e. The molecule has 1 aromatic carbocycles. The van der Waals surface area contributed by atoms with E-state index in [0.717, 1.165) is 17.6 Å². The van der Waals surface area contributed by atoms with Crippen LogP contribution in [0.1, 0.15) is 51.4 Å². The lowest BCUT2D eigenvalue weighted by molar-refractivity contribution is 0.223. The third kappa shape index (κ3) is 5.89. The number of benzene rings is 1. The van der Waals surface area contributed by atoms with Crippen molar-refractivity contribution in [2.24, 2.45) is 0 Å². The van der Waals surface area contributed by atoms with E-state index in [9.17, 15) is 4.79 Å². The molecule has 0 unspecified atom stereocenters. The summed E-state index contributed by atoms with van der Waals surface area (Å²) in [5.41, 5.74) is 0.261. The molecule has 0 radical (unpaired) electrons. The van der Waals surface area contributed by atoms with Crippen LogP contribution in [-0.2, 0) is 0 Å². The molecule has 2 aromatic rings. The third-order valence-corrected chi connectivity index (χ3v) is 4.93. The summed E-state index contributed by atoms with van der Waals surface area (Å²) in [6, 6.07) is 8.87. The molecule has 1 fully saturated rings. The predicted molar refractivity (Wildman–Crippen MR) is 101 cm³/mol. The number of ether oxygens (including phenoxy) is 1. The molecule has 1 saturated heterocycles. The largest absolute Gasteiger partial charge is 0.493 e. The van der Waals surface area contributed by atoms with Crippen molar-refractivity contribution in [3.05, 3.63) is 40.8 Å². The first-order valence-electron chi connectivity index (χ1n) is 9.70. The van der Waals surface area contributed by atoms with Gasteiger partial charge < -0.3 is 14.1 Å². The second kappa shape index (κ2) is 9.62. The Labute approximate surface area is 149 Å². The minimum Gasteiger partial charge on any atom is -0.493 e. The average molecular weight is 343 g/mol. The number of piperidine rings is 1. The normalized spacial score (nSPS) is 15.5. The number of hydrogen-bond donors (Lipinski definition) is 0. The lowest BCUT2D eigenvalue weighted by atomic mass is 10.1. The molecule has 0 atom stereocenters. The van der Waals surface area contributed by atoms with Crippen LogP contribution in [0.15, 0.2) is 39.5 Å². The van der Waals surface area contributed by atoms with Crippen molar-refractivity contribution in [2.45, 2.75) is 51.4 Å². The molecule has 0 N–H and O–H groups in total. The van der Waals surface area contributed by atoms with Gasteiger partial charge in [0, 0.05) is 17.5 Å². The van der Waals surface area contributed by atoms with Crippen LogP contribution in [0.3, 0.4) is 0 Å². The van der Waals surface area contributed by atoms with Crippen LogP contribution in [0.4, 0.5) is 0 Å². The summed E-state index contributed by atoms with van der Waals surface area (Å²) in [5.74, 6) is 0.770. The lowest BCUT2D eigenvalue weighted by Gasteiger charge is -2.26. The molecule has 0 aliphatic carbocycles. The zero-order chi connectivity index (χ0) is 17.3. The van der Waals surface area contributed by atoms with Crippen molar-refractivity contribution in [1.29, 1.82) is 0 Å². The molecular formula is C21H29NO3. The van der Waals surface area contributed by atoms with Crippen LogP contribution in [0.25, 0.3) is 11.0 Å². The van der Waals surface area contributed by atoms with Gasteiger partial charge >= 0.3 is 5.63 Å². The highest BCUT2D eigenvalue weighted by molar-refractivity contribution is 5.77. The van der Waals surface area contributed by atoms with Crippen LogP contribution < -0.4 is 10.4 Å². The Kier molecular flexibility index (Phi) is 6.92. The van der Waals surface area contributed by atoms with Crippen LogP contribution in [0.2, 0.25) is 0 Å². The first-order chi connectivity index (χ1) is 12.3. The highest BCUT2D eigenvalue weighted by atomic mass is 16.5. The summed E-state index contributed by atoms with van der Waals surface area (Å²) in [5, 5.41) is 0.917. The highest BCUT2D eigenvalue weighted by Crippen LogP contribution is 2.20. The maximum atomic E-state index is 11.3. The van der Waals surface area contributed by atoms with Gasteiger partial charge in [0.15, 0.2) is 0 Å². The van der Waals surface area contributed by atoms with E-state index in [1.54, 1.807) is 12.1 Å². The van der Waals surface area contributed by atoms with Crippen molar-refractivity contribution in [2.75, 3.05) is 26.2 Å². The zero-order valence-electron chi connectivity index (χ0n) is 15.0. The van der Waals surface area contributed by atoms with Crippen LogP contribution in [0.5, 0.6) is 5.75 Å². The minimum atomic E-state index is -0.325. The molecule has 0 saturated carbocycles. The summed E-state index contributed by atoms with van der Waals surface area (Å²) < 4.78 is 11.0. The van der Waals surface area contributed by atoms with E-state index in [0.29, 0.717) is 12.2 Å². The fourth-order valence-corrected chi connectivity index (χ4v) is 3.47. The predicted octanol–water partition coefficient (Wildman–Crippen LogP) is 4.61. The molecule has 0 amide bonds. The Morgan fingerprint density at radius 1 is 0.920 bits per heavy atom. The average Bonchev–Trinajstić information content (AvgIpc) is 2.64. The number of rotatable bonds is 9. The molecule has 2 heterocycles. The number of fused-ring (bicyclic) bond motifs is 1. The van der Waals surface area contributed by atoms with Gasteiger partial charge in [-0.3, -0.25) is 0 Å². The fraction of sp³-hybridized carbons (Fsp3) is 0.571. The van der Waals surface area contributed by atoms with E-state index in [2.05, 4.69) is 4.90 Å². The van der Waals surface area contributed by atoms with Gasteiger partial charge in [0.2, 0.25) is 0 Å². The number of hydrogen-bond acceptors (Lipinski definition) is 4. The molecule has 1 aliphatic heterocycles. The van der Waals surface area contributed by atoms with Crippen molar-refractivity contribution in [1.82, 2.24) is 4.90 Å². The molecule has 136 valence electrons. The summed E-state index contributed by atoms with van der Waals surface area (Å²) >= 11 is 0. The second-order valence-electron chi connectivity index (χ2n) is 6.97. The summed E-state index contributed by atoms with van der Waals surface area (Å²) in [4.78, 5) is 13.9. The molecule has 25 heavy (non-hydrogen) atoms. The zero-order valence-corrected chi connectivity index (χ0v) is 15.0. The van der Waals surface area contributed by atoms with Gasteiger partial charge in [-0.25, -0.2) is 4.79 Å². The topological polar surface area (TPSA) is 42.7 Å². The van der Waals surface area contributed by atoms with Gasteiger partial charge in [0.05, 0.1) is 6.61 Å². The van der Waals surface area contributed by atoms with Gasteiger partial charge in [-0.15, -0.1) is 0 Å². The molecule has 3 rings (SSSR count). The Hall–Kier alpha value is -1.81. The van der Waals surface area contributed by atoms with E-state index in [1.807, 2.05) is 12.1 Å². The van der Waals surface area contributed by atoms with Crippen molar-refractivity contribution in [3.8, 4) is 5.75 Å². The smallest absolute Gasteiger partial charge is 0.336 e. The first kappa shape index (κ1) is 18.0. The first-order valence-corrected chi connectivity index (χ1v) is 9.70. The van der Waals surface area contributed by atoms with E-state index in [4.69, 9.17) is 9.15 Å². The number of likely N-dealkylation sites (tertiary alicyclic amines) is 1. The van der Waals surface area contributed by atoms with Crippen molar-refractivity contribution < 1.29 is 9.15 Å². The van der Waals surface area contributed by atoms with Gasteiger partial charge in [-0.05, 0) is 63.5 Å². The van der Waals surface area contributed by atoms with Gasteiger partial charge in [-0.1, -0.05) is 25.7 Å². The summed E-state index contributed by atoms with van der Waals surface area (Å²) in [6.07, 6.45) is 10.4. The summed E-state index contributed by atoms with van der Waals surface area (Å²) in [6.45, 7) is 4.60. The Bertz CT molecular complexity index is 704. The van der Waals surface area contributed by atoms with E-state index in [-0.39, 0.29) is 5.63 Å². The molecule has 1 aromatic heterocycles. The Morgan fingerprint density at radius 3 is 2.56 bits per heavy atom. The van der Waals surface area contributed by atoms with E-state index < -0.39 is 0 Å². The molecular weight excluding hydrogens is 314 g/mol. The number of nitrogens with zero attached hydrogens (tertiary/aromatic N) is 1. The SMILES string of the molecule is O=c1ccc2ccc(OCCCCCCCN3CCCCC3)cc2o1. The van der Waals surface area contributed by atoms with Crippen molar-refractivity contribution in [3.63, 3.8) is 0 Å². The van der Waals surface area contributed by atoms with Crippen LogP contribution >= 0.6 is 0 Å². The lowest BCUT2D eigenvalue weighted by Crippen LogP contribution is -2.30. The maximum absolute atomic E-state index is 11.3. The standard InChI is InChI=1S/C21H29NO3/c23-21-12-10-18-9-11-19(17-20(18)25-21)24-16-8-3-1-2-5-13-22-14-6-4-7-15-22/h9-12,17H,1-8,13-16H2. The van der Waals surface area contributed by atoms with Crippen LogP contribution in [-0.4, -0.2) is 31.1 Å². The Balaban J connectivity index is 1.27. The number of unbranched alkanes of at least 4 members (excludes halogenated alkanes) is 4. The van der Waals surface area contributed by atoms with E-state index >= 15 is 0 Å². The fourth-order valence-electron chi connectivity index (χ4n) is 3.47. The van der Waals surface area contributed by atoms with Gasteiger partial charge in [-0.2, -0.15) is 0 Å². The Morgan fingerprint density at radius 2 is 1.68 bits per heavy atom. The second-order valence-corrected chi connectivity index (χ2v) is 6.97. The molecule has 1 aliphatic rings. The monoisotopic (exact) mass is 343 g/mol. The van der Waals surface area contributed by atoms with Gasteiger partial charge in [0.1, 0.15) is 11.3 Å². The highest BCUT2D eigenvalue weighted by Gasteiger charge is 2.08. The minimum absolute atomic E-state index is 0.325. The van der Waals surface area contributed by atoms with Crippen molar-refractivity contribution >= 4 is 11.0 Å². The quantitative estimate of drug-likeness (QED) is 0.493. The summed E-state index contributed by atoms with van der Waals surface area (Å²) in [7, 11) is 0. The molecule has 4 heteroatoms. The third-order valence-electron chi connectivity index (χ3n) is 4.93. The molecule has 0 bridgehead atoms. The van der Waals surface area contributed by atoms with Gasteiger partial charge in [0.25, 0.3) is 0 Å². The van der Waals surface area contributed by atoms with Crippen LogP contribution in [0, 0.1) is 0 Å². The van der Waals surface area contributed by atoms with E-state index in [1.165, 1.54) is 70.6 Å². The molecule has 4 nitrogen and oxygen atoms in total.